The number of hydrogen-bond donors (Lipinski definition) is 1. The topological polar surface area (TPSA) is 75.4 Å². The molecule has 2 heterocycles. The zero-order valence-corrected chi connectivity index (χ0v) is 20.0. The Bertz CT molecular complexity index is 1310. The van der Waals surface area contributed by atoms with E-state index in [1.54, 1.807) is 30.5 Å². The van der Waals surface area contributed by atoms with Crippen molar-refractivity contribution in [3.63, 3.8) is 0 Å². The fourth-order valence-electron chi connectivity index (χ4n) is 3.84. The number of carbonyl (C=O) groups excluding carboxylic acids is 2. The van der Waals surface area contributed by atoms with Crippen molar-refractivity contribution in [2.75, 3.05) is 13.2 Å². The average Bonchev–Trinajstić information content (AvgIpc) is 3.32. The third kappa shape index (κ3) is 5.71. The van der Waals surface area contributed by atoms with E-state index < -0.39 is 11.7 Å². The first-order valence-corrected chi connectivity index (χ1v) is 12.0. The highest BCUT2D eigenvalue weighted by Gasteiger charge is 2.35. The van der Waals surface area contributed by atoms with Crippen LogP contribution < -0.4 is 0 Å². The molecule has 184 valence electrons. The number of thioether (sulfide) groups is 1. The van der Waals surface area contributed by atoms with Gasteiger partial charge in [-0.1, -0.05) is 23.7 Å². The lowest BCUT2D eigenvalue weighted by Gasteiger charge is -2.14. The van der Waals surface area contributed by atoms with Gasteiger partial charge >= 0.3 is 6.18 Å². The summed E-state index contributed by atoms with van der Waals surface area (Å²) in [4.78, 5) is 26.4. The van der Waals surface area contributed by atoms with Gasteiger partial charge in [-0.2, -0.15) is 18.3 Å². The van der Waals surface area contributed by atoms with Gasteiger partial charge in [-0.15, -0.1) is 0 Å². The number of imide groups is 1. The fourth-order valence-corrected chi connectivity index (χ4v) is 4.87. The van der Waals surface area contributed by atoms with E-state index in [0.29, 0.717) is 40.8 Å². The number of unbranched alkanes of at least 4 members (excludes halogenated alkanes) is 2. The summed E-state index contributed by atoms with van der Waals surface area (Å²) in [6.45, 7) is 0.284. The monoisotopic (exact) mass is 523 g/mol. The minimum atomic E-state index is -4.54. The van der Waals surface area contributed by atoms with E-state index in [-0.39, 0.29) is 34.9 Å². The Hall–Kier alpha value is -2.82. The van der Waals surface area contributed by atoms with Gasteiger partial charge < -0.3 is 5.11 Å². The van der Waals surface area contributed by atoms with Crippen molar-refractivity contribution in [2.45, 2.75) is 32.0 Å². The Morgan fingerprint density at radius 1 is 1.09 bits per heavy atom. The maximum Gasteiger partial charge on any atom is 0.416 e. The highest BCUT2D eigenvalue weighted by molar-refractivity contribution is 8.18. The van der Waals surface area contributed by atoms with Crippen LogP contribution in [0.5, 0.6) is 0 Å². The molecule has 1 aromatic heterocycles. The number of amides is 2. The molecule has 4 rings (SSSR count). The highest BCUT2D eigenvalue weighted by Crippen LogP contribution is 2.35. The second kappa shape index (κ2) is 10.4. The number of alkyl halides is 3. The minimum Gasteiger partial charge on any atom is -0.396 e. The second-order valence-corrected chi connectivity index (χ2v) is 9.47. The fraction of sp³-hybridized carbons (Fsp3) is 0.292. The predicted octanol–water partition coefficient (Wildman–Crippen LogP) is 5.96. The summed E-state index contributed by atoms with van der Waals surface area (Å²) in [6, 6.07) is 8.86. The molecule has 3 aromatic rings. The number of rotatable bonds is 8. The Balaban J connectivity index is 1.54. The molecule has 1 aliphatic heterocycles. The van der Waals surface area contributed by atoms with Crippen molar-refractivity contribution < 1.29 is 27.9 Å². The number of aliphatic hydroxyl groups excluding tert-OH is 1. The van der Waals surface area contributed by atoms with E-state index in [1.165, 1.54) is 21.7 Å². The molecular weight excluding hydrogens is 503 g/mol. The van der Waals surface area contributed by atoms with Crippen molar-refractivity contribution in [3.05, 3.63) is 69.2 Å². The van der Waals surface area contributed by atoms with Crippen molar-refractivity contribution in [1.82, 2.24) is 14.7 Å². The van der Waals surface area contributed by atoms with Crippen LogP contribution in [-0.4, -0.2) is 44.1 Å². The molecule has 6 nitrogen and oxygen atoms in total. The van der Waals surface area contributed by atoms with Crippen LogP contribution in [-0.2, 0) is 17.5 Å². The van der Waals surface area contributed by atoms with E-state index in [1.807, 2.05) is 0 Å². The third-order valence-corrected chi connectivity index (χ3v) is 6.72. The lowest BCUT2D eigenvalue weighted by atomic mass is 10.1. The molecule has 0 unspecified atom stereocenters. The van der Waals surface area contributed by atoms with Gasteiger partial charge in [0, 0.05) is 23.6 Å². The molecule has 1 aliphatic rings. The lowest BCUT2D eigenvalue weighted by Crippen LogP contribution is -2.29. The normalized spacial score (nSPS) is 15.7. The molecule has 11 heteroatoms. The summed E-state index contributed by atoms with van der Waals surface area (Å²) < 4.78 is 41.8. The number of halogens is 4. The van der Waals surface area contributed by atoms with E-state index in [0.717, 1.165) is 24.2 Å². The molecule has 1 saturated heterocycles. The van der Waals surface area contributed by atoms with Crippen LogP contribution in [0.4, 0.5) is 18.0 Å². The first-order chi connectivity index (χ1) is 16.7. The maximum absolute atomic E-state index is 13.4. The number of aromatic nitrogens is 2. The maximum atomic E-state index is 13.4. The minimum absolute atomic E-state index is 0.00520. The van der Waals surface area contributed by atoms with Crippen LogP contribution in [0.25, 0.3) is 17.0 Å². The van der Waals surface area contributed by atoms with Gasteiger partial charge in [-0.05, 0) is 72.5 Å². The van der Waals surface area contributed by atoms with Crippen LogP contribution in [0.1, 0.15) is 36.0 Å². The molecule has 0 spiro atoms. The number of nitrogens with zero attached hydrogens (tertiary/aromatic N) is 3. The zero-order valence-electron chi connectivity index (χ0n) is 18.4. The van der Waals surface area contributed by atoms with Crippen LogP contribution in [0.15, 0.2) is 47.5 Å². The van der Waals surface area contributed by atoms with Gasteiger partial charge in [-0.3, -0.25) is 19.2 Å². The molecule has 0 bridgehead atoms. The largest absolute Gasteiger partial charge is 0.416 e. The first-order valence-electron chi connectivity index (χ1n) is 10.8. The SMILES string of the molecule is O=C1S/C(=C\c2ccc3c(cnn3Cc3ccc(Cl)cc3C(F)(F)F)c2)C(=O)N1CCCCCO. The van der Waals surface area contributed by atoms with Gasteiger partial charge in [-0.25, -0.2) is 0 Å². The number of fused-ring (bicyclic) bond motifs is 1. The van der Waals surface area contributed by atoms with Crippen LogP contribution in [0, 0.1) is 0 Å². The van der Waals surface area contributed by atoms with Gasteiger partial charge in [0.1, 0.15) is 0 Å². The summed E-state index contributed by atoms with van der Waals surface area (Å²) in [5.74, 6) is -0.359. The smallest absolute Gasteiger partial charge is 0.396 e. The Morgan fingerprint density at radius 3 is 2.63 bits per heavy atom. The first kappa shape index (κ1) is 25.3. The number of benzene rings is 2. The van der Waals surface area contributed by atoms with Crippen molar-refractivity contribution in [2.24, 2.45) is 0 Å². The summed E-state index contributed by atoms with van der Waals surface area (Å²) in [6.07, 6.45) is 0.589. The van der Waals surface area contributed by atoms with Crippen LogP contribution in [0.3, 0.4) is 0 Å². The molecule has 0 aliphatic carbocycles. The average molecular weight is 524 g/mol. The van der Waals surface area contributed by atoms with Gasteiger partial charge in [0.05, 0.1) is 28.7 Å². The molecule has 0 radical (unpaired) electrons. The van der Waals surface area contributed by atoms with E-state index in [4.69, 9.17) is 16.7 Å². The van der Waals surface area contributed by atoms with Crippen molar-refractivity contribution in [1.29, 1.82) is 0 Å². The molecule has 0 saturated carbocycles. The quantitative estimate of drug-likeness (QED) is 0.291. The van der Waals surface area contributed by atoms with E-state index in [2.05, 4.69) is 5.10 Å². The summed E-state index contributed by atoms with van der Waals surface area (Å²) in [5.41, 5.74) is 0.536. The molecule has 1 N–H and O–H groups in total. The van der Waals surface area contributed by atoms with E-state index >= 15 is 0 Å². The zero-order chi connectivity index (χ0) is 25.2. The van der Waals surface area contributed by atoms with Gasteiger partial charge in [0.15, 0.2) is 0 Å². The van der Waals surface area contributed by atoms with E-state index in [9.17, 15) is 22.8 Å². The number of carbonyl (C=O) groups is 2. The summed E-state index contributed by atoms with van der Waals surface area (Å²) in [5, 5.41) is 13.5. The standard InChI is InChI=1S/C24H21ClF3N3O3S/c25-18-6-5-16(19(12-18)24(26,27)28)14-31-20-7-4-15(10-17(20)13-29-31)11-21-22(33)30(23(34)35-21)8-2-1-3-9-32/h4-7,10-13,32H,1-3,8-9,14H2/b21-11-. The highest BCUT2D eigenvalue weighted by atomic mass is 35.5. The molecule has 35 heavy (non-hydrogen) atoms. The summed E-state index contributed by atoms with van der Waals surface area (Å²) >= 11 is 6.64. The lowest BCUT2D eigenvalue weighted by molar-refractivity contribution is -0.138. The van der Waals surface area contributed by atoms with Crippen molar-refractivity contribution in [3.8, 4) is 0 Å². The number of aliphatic hydroxyl groups is 1. The molecule has 1 fully saturated rings. The summed E-state index contributed by atoms with van der Waals surface area (Å²) in [7, 11) is 0. The van der Waals surface area contributed by atoms with Gasteiger partial charge in [0.2, 0.25) is 0 Å². The Labute approximate surface area is 208 Å². The van der Waals surface area contributed by atoms with Crippen LogP contribution in [0.2, 0.25) is 5.02 Å². The predicted molar refractivity (Wildman–Crippen MR) is 129 cm³/mol. The molecule has 0 atom stereocenters. The second-order valence-electron chi connectivity index (χ2n) is 8.04. The van der Waals surface area contributed by atoms with Crippen molar-refractivity contribution >= 4 is 51.5 Å². The van der Waals surface area contributed by atoms with Crippen LogP contribution >= 0.6 is 23.4 Å². The Kier molecular flexibility index (Phi) is 7.53. The molecule has 2 aromatic carbocycles. The Morgan fingerprint density at radius 2 is 1.89 bits per heavy atom. The molecular formula is C24H21ClF3N3O3S. The number of hydrogen-bond acceptors (Lipinski definition) is 5. The van der Waals surface area contributed by atoms with Gasteiger partial charge in [0.25, 0.3) is 11.1 Å². The third-order valence-electron chi connectivity index (χ3n) is 5.57. The molecule has 2 amide bonds.